The molecule has 6 unspecified atom stereocenters. The highest BCUT2D eigenvalue weighted by Gasteiger charge is 2.54. The zero-order chi connectivity index (χ0) is 35.7. The van der Waals surface area contributed by atoms with Gasteiger partial charge in [-0.2, -0.15) is 0 Å². The van der Waals surface area contributed by atoms with Gasteiger partial charge in [-0.25, -0.2) is 4.21 Å². The van der Waals surface area contributed by atoms with Gasteiger partial charge in [-0.3, -0.25) is 9.52 Å². The van der Waals surface area contributed by atoms with E-state index in [2.05, 4.69) is 52.4 Å². The number of hydrogen-bond donors (Lipinski definition) is 1. The van der Waals surface area contributed by atoms with E-state index < -0.39 is 11.0 Å². The van der Waals surface area contributed by atoms with Gasteiger partial charge in [0.2, 0.25) is 0 Å². The molecule has 278 valence electrons. The Balaban J connectivity index is 1.23. The lowest BCUT2D eigenvalue weighted by Crippen LogP contribution is -2.53. The predicted octanol–water partition coefficient (Wildman–Crippen LogP) is 7.01. The van der Waals surface area contributed by atoms with Crippen LogP contribution in [0.5, 0.6) is 5.75 Å². The summed E-state index contributed by atoms with van der Waals surface area (Å²) in [7, 11) is 0.672. The van der Waals surface area contributed by atoms with Crippen LogP contribution in [0.25, 0.3) is 0 Å². The molecule has 9 nitrogen and oxygen atoms in total. The number of carbonyl (C=O) groups is 1. The van der Waals surface area contributed by atoms with Crippen molar-refractivity contribution in [2.24, 2.45) is 22.9 Å². The quantitative estimate of drug-likeness (QED) is 0.361. The van der Waals surface area contributed by atoms with Crippen LogP contribution in [-0.2, 0) is 22.2 Å². The Labute approximate surface area is 312 Å². The Bertz CT molecular complexity index is 1630. The summed E-state index contributed by atoms with van der Waals surface area (Å²) in [6.45, 7) is 12.5. The predicted molar refractivity (Wildman–Crippen MR) is 206 cm³/mol. The Morgan fingerprint density at radius 3 is 2.63 bits per heavy atom. The van der Waals surface area contributed by atoms with Crippen molar-refractivity contribution in [3.63, 3.8) is 0 Å². The molecule has 51 heavy (non-hydrogen) atoms. The lowest BCUT2D eigenvalue weighted by Gasteiger charge is -2.49. The number of nitrogens with zero attached hydrogens (tertiary/aromatic N) is 4. The maximum absolute atomic E-state index is 13.6. The molecule has 1 spiro atoms. The van der Waals surface area contributed by atoms with Gasteiger partial charge in [0.25, 0.3) is 5.91 Å². The maximum atomic E-state index is 13.6. The number of amides is 1. The smallest absolute Gasteiger partial charge is 0.263 e. The average Bonchev–Trinajstić information content (AvgIpc) is 3.44. The first kappa shape index (κ1) is 36.5. The molecule has 7 atom stereocenters. The summed E-state index contributed by atoms with van der Waals surface area (Å²) < 4.78 is 22.9. The number of likely N-dealkylation sites (N-methyl/N-ethyl adjacent to an activating group) is 1. The molecule has 2 fully saturated rings. The highest BCUT2D eigenvalue weighted by molar-refractivity contribution is 7.84. The topological polar surface area (TPSA) is 86.7 Å². The summed E-state index contributed by atoms with van der Waals surface area (Å²) in [4.78, 5) is 27.6. The van der Waals surface area contributed by atoms with Crippen LogP contribution >= 0.6 is 11.6 Å². The highest BCUT2D eigenvalue weighted by atomic mass is 35.5. The minimum atomic E-state index is -1.51. The van der Waals surface area contributed by atoms with Gasteiger partial charge >= 0.3 is 0 Å². The second-order valence-electron chi connectivity index (χ2n) is 15.9. The van der Waals surface area contributed by atoms with E-state index in [0.717, 1.165) is 119 Å². The van der Waals surface area contributed by atoms with Crippen molar-refractivity contribution in [1.82, 2.24) is 14.5 Å². The molecule has 11 heteroatoms. The number of fused-ring (bicyclic) bond motifs is 3. The second-order valence-corrected chi connectivity index (χ2v) is 17.9. The van der Waals surface area contributed by atoms with E-state index in [1.54, 1.807) is 6.07 Å². The molecule has 4 aliphatic heterocycles. The van der Waals surface area contributed by atoms with E-state index in [0.29, 0.717) is 24.0 Å². The lowest BCUT2D eigenvalue weighted by atomic mass is 9.62. The molecule has 7 rings (SSSR count). The van der Waals surface area contributed by atoms with Crippen molar-refractivity contribution in [3.8, 4) is 5.75 Å². The minimum absolute atomic E-state index is 0.127. The molecule has 2 aromatic carbocycles. The van der Waals surface area contributed by atoms with Crippen LogP contribution in [0.2, 0.25) is 5.02 Å². The number of ether oxygens (including phenoxy) is 1. The molecule has 1 saturated heterocycles. The van der Waals surface area contributed by atoms with Crippen LogP contribution in [0.15, 0.2) is 41.6 Å². The summed E-state index contributed by atoms with van der Waals surface area (Å²) in [5.41, 5.74) is 3.66. The van der Waals surface area contributed by atoms with E-state index in [1.165, 1.54) is 11.1 Å². The molecule has 5 aliphatic rings. The minimum Gasteiger partial charge on any atom is -0.491 e. The first-order chi connectivity index (χ1) is 24.6. The number of unbranched alkanes of at least 4 members (excludes halogenated alkanes) is 1. The van der Waals surface area contributed by atoms with Gasteiger partial charge in [-0.05, 0) is 112 Å². The van der Waals surface area contributed by atoms with Crippen LogP contribution < -0.4 is 14.4 Å². The molecule has 1 aliphatic carbocycles. The SMILES string of the molecule is CCCCc1cc(Cl)ccc1C1COc2ccc3cc2N(C1)CC1CCC1[C@@]1(CCCC(C)C(C)S(=O)NC3=O)CC(N2CCN(C)CC2)=NO1. The number of oxime groups is 1. The molecule has 2 aromatic rings. The number of carbonyl (C=O) groups excluding carboxylic acids is 1. The molecule has 1 amide bonds. The fourth-order valence-corrected chi connectivity index (χ4v) is 10.2. The summed E-state index contributed by atoms with van der Waals surface area (Å²) in [5.74, 6) is 2.67. The normalized spacial score (nSPS) is 31.9. The van der Waals surface area contributed by atoms with Crippen molar-refractivity contribution >= 4 is 40.0 Å². The average molecular weight is 738 g/mol. The van der Waals surface area contributed by atoms with Gasteiger partial charge in [0, 0.05) is 61.7 Å². The number of piperazine rings is 1. The fourth-order valence-electron chi connectivity index (χ4n) is 8.96. The molecule has 0 aromatic heterocycles. The molecule has 4 heterocycles. The summed E-state index contributed by atoms with van der Waals surface area (Å²) in [6.07, 6.45) is 9.10. The van der Waals surface area contributed by atoms with Crippen LogP contribution in [0.4, 0.5) is 5.69 Å². The third-order valence-electron chi connectivity index (χ3n) is 12.6. The molecule has 2 bridgehead atoms. The first-order valence-electron chi connectivity index (χ1n) is 19.3. The molecule has 0 radical (unpaired) electrons. The van der Waals surface area contributed by atoms with Gasteiger partial charge in [0.15, 0.2) is 0 Å². The molecular weight excluding hydrogens is 682 g/mol. The summed E-state index contributed by atoms with van der Waals surface area (Å²) >= 11 is 6.53. The van der Waals surface area contributed by atoms with Crippen molar-refractivity contribution in [2.75, 3.05) is 57.8 Å². The Morgan fingerprint density at radius 2 is 1.86 bits per heavy atom. The van der Waals surface area contributed by atoms with Crippen LogP contribution in [0, 0.1) is 17.8 Å². The van der Waals surface area contributed by atoms with Crippen molar-refractivity contribution in [2.45, 2.75) is 95.3 Å². The van der Waals surface area contributed by atoms with Crippen LogP contribution in [0.3, 0.4) is 0 Å². The Kier molecular flexibility index (Phi) is 11.2. The first-order valence-corrected chi connectivity index (χ1v) is 20.9. The number of halogens is 1. The number of nitrogens with one attached hydrogen (secondary N) is 1. The van der Waals surface area contributed by atoms with Crippen molar-refractivity contribution in [1.29, 1.82) is 0 Å². The number of aryl methyl sites for hydroxylation is 1. The third-order valence-corrected chi connectivity index (χ3v) is 14.3. The zero-order valence-corrected chi connectivity index (χ0v) is 32.4. The Morgan fingerprint density at radius 1 is 1.04 bits per heavy atom. The van der Waals surface area contributed by atoms with Crippen molar-refractivity contribution < 1.29 is 18.6 Å². The standard InChI is InChI=1S/C40H56ClN5O4S/c1-5-6-9-29-21-33(41)12-13-34(29)32-25-46-24-31-10-14-35(31)40(23-38(42-50-40)45-19-17-44(4)18-20-45)16-7-8-27(2)28(3)51(48)43-39(47)30-11-15-37(49-26-32)36(46)22-30/h11-13,15,21-22,27-28,31-32,35H,5-10,14,16-20,23-26H2,1-4H3,(H,43,47)/t27?,28?,31?,32?,35?,40-,51?/m1/s1. The van der Waals surface area contributed by atoms with Crippen molar-refractivity contribution in [3.05, 3.63) is 58.1 Å². The number of amidine groups is 1. The lowest BCUT2D eigenvalue weighted by molar-refractivity contribution is -0.118. The maximum Gasteiger partial charge on any atom is 0.263 e. The highest BCUT2D eigenvalue weighted by Crippen LogP contribution is 2.51. The van der Waals surface area contributed by atoms with Gasteiger partial charge in [0.05, 0.1) is 24.0 Å². The van der Waals surface area contributed by atoms with Gasteiger partial charge in [0.1, 0.15) is 28.2 Å². The number of rotatable bonds is 4. The number of anilines is 1. The largest absolute Gasteiger partial charge is 0.491 e. The van der Waals surface area contributed by atoms with E-state index in [1.807, 2.05) is 25.1 Å². The van der Waals surface area contributed by atoms with Crippen LogP contribution in [0.1, 0.15) is 99.5 Å². The number of benzene rings is 2. The number of hydrogen-bond acceptors (Lipinski definition) is 8. The third kappa shape index (κ3) is 7.79. The summed E-state index contributed by atoms with van der Waals surface area (Å²) in [5, 5.41) is 5.42. The van der Waals surface area contributed by atoms with E-state index >= 15 is 0 Å². The van der Waals surface area contributed by atoms with Crippen LogP contribution in [-0.4, -0.2) is 89.5 Å². The second kappa shape index (κ2) is 15.7. The molecule has 1 N–H and O–H groups in total. The van der Waals surface area contributed by atoms with Gasteiger partial charge in [-0.1, -0.05) is 43.1 Å². The molecule has 1 saturated carbocycles. The molecular formula is C40H56ClN5O4S. The van der Waals surface area contributed by atoms with E-state index in [-0.39, 0.29) is 28.6 Å². The van der Waals surface area contributed by atoms with E-state index in [4.69, 9.17) is 26.3 Å². The monoisotopic (exact) mass is 737 g/mol. The Hall–Kier alpha value is -2.82. The zero-order valence-electron chi connectivity index (χ0n) is 30.9. The van der Waals surface area contributed by atoms with E-state index in [9.17, 15) is 9.00 Å². The fraction of sp³-hybridized carbons (Fsp3) is 0.650. The summed E-state index contributed by atoms with van der Waals surface area (Å²) in [6, 6.07) is 12.0. The van der Waals surface area contributed by atoms with Gasteiger partial charge in [-0.15, -0.1) is 0 Å². The van der Waals surface area contributed by atoms with Gasteiger partial charge < -0.3 is 24.3 Å².